The lowest BCUT2D eigenvalue weighted by Gasteiger charge is -2.40. The fourth-order valence-corrected chi connectivity index (χ4v) is 3.62. The van der Waals surface area contributed by atoms with Gasteiger partial charge in [-0.1, -0.05) is 70.2 Å². The van der Waals surface area contributed by atoms with Gasteiger partial charge in [0.15, 0.2) is 0 Å². The molecule has 0 fully saturated rings. The molecule has 0 heterocycles. The number of rotatable bonds is 14. The van der Waals surface area contributed by atoms with Crippen molar-refractivity contribution in [2.24, 2.45) is 11.8 Å². The van der Waals surface area contributed by atoms with Gasteiger partial charge in [-0.25, -0.2) is 10.5 Å². The summed E-state index contributed by atoms with van der Waals surface area (Å²) >= 11 is 0. The van der Waals surface area contributed by atoms with Gasteiger partial charge in [0.2, 0.25) is 11.8 Å². The highest BCUT2D eigenvalue weighted by Gasteiger charge is 2.36. The number of nitrogens with zero attached hydrogens (tertiary/aromatic N) is 3. The fraction of sp³-hybridized carbons (Fsp3) is 0.593. The maximum absolute atomic E-state index is 13.5. The topological polar surface area (TPSA) is 93.2 Å². The van der Waals surface area contributed by atoms with Gasteiger partial charge in [-0.3, -0.25) is 24.6 Å². The third-order valence-electron chi connectivity index (χ3n) is 5.45. The maximum Gasteiger partial charge on any atom is 0.268 e. The van der Waals surface area contributed by atoms with Crippen molar-refractivity contribution in [1.82, 2.24) is 20.4 Å². The summed E-state index contributed by atoms with van der Waals surface area (Å²) in [5.74, 6) is -0.872. The highest BCUT2D eigenvalue weighted by molar-refractivity contribution is 5.89. The van der Waals surface area contributed by atoms with Crippen LogP contribution in [0.4, 0.5) is 0 Å². The van der Waals surface area contributed by atoms with E-state index >= 15 is 0 Å². The molecule has 0 radical (unpaired) electrons. The smallest absolute Gasteiger partial charge is 0.268 e. The first-order chi connectivity index (χ1) is 16.6. The molecule has 2 N–H and O–H groups in total. The molecule has 0 aliphatic carbocycles. The number of hydrogen-bond acceptors (Lipinski definition) is 5. The highest BCUT2D eigenvalue weighted by atomic mass is 16.5. The van der Waals surface area contributed by atoms with Crippen LogP contribution in [0, 0.1) is 11.8 Å². The van der Waals surface area contributed by atoms with Crippen molar-refractivity contribution in [2.45, 2.75) is 65.8 Å². The first-order valence-electron chi connectivity index (χ1n) is 12.5. The monoisotopic (exact) mass is 488 g/mol. The van der Waals surface area contributed by atoms with Gasteiger partial charge in [-0.05, 0) is 57.3 Å². The van der Waals surface area contributed by atoms with Crippen LogP contribution < -0.4 is 5.48 Å². The SMILES string of the molecule is CC(C)CCC(=O)N([C@@H](CC=Cc1ccccc1)C(=O)NO)N(CC(C)C)C(=O)CCCN(C)C. The first kappa shape index (κ1) is 30.3. The Labute approximate surface area is 210 Å². The van der Waals surface area contributed by atoms with Crippen molar-refractivity contribution >= 4 is 23.8 Å². The third kappa shape index (κ3) is 11.5. The van der Waals surface area contributed by atoms with E-state index < -0.39 is 11.9 Å². The molecule has 0 bridgehead atoms. The normalized spacial score (nSPS) is 12.4. The average Bonchev–Trinajstić information content (AvgIpc) is 2.80. The van der Waals surface area contributed by atoms with E-state index in [0.717, 1.165) is 12.1 Å². The fourth-order valence-electron chi connectivity index (χ4n) is 3.62. The van der Waals surface area contributed by atoms with Gasteiger partial charge in [0.05, 0.1) is 0 Å². The minimum Gasteiger partial charge on any atom is -0.309 e. The van der Waals surface area contributed by atoms with E-state index in [1.807, 2.05) is 83.1 Å². The number of benzene rings is 1. The first-order valence-corrected chi connectivity index (χ1v) is 12.5. The van der Waals surface area contributed by atoms with Crippen LogP contribution in [-0.4, -0.2) is 71.1 Å². The van der Waals surface area contributed by atoms with Gasteiger partial charge in [0.25, 0.3) is 5.91 Å². The Hall–Kier alpha value is -2.71. The predicted molar refractivity (Wildman–Crippen MR) is 139 cm³/mol. The Bertz CT molecular complexity index is 809. The van der Waals surface area contributed by atoms with E-state index in [4.69, 9.17) is 0 Å². The molecule has 35 heavy (non-hydrogen) atoms. The number of nitrogens with one attached hydrogen (secondary N) is 1. The van der Waals surface area contributed by atoms with Crippen molar-refractivity contribution in [3.8, 4) is 0 Å². The zero-order valence-corrected chi connectivity index (χ0v) is 22.2. The Morgan fingerprint density at radius 2 is 1.63 bits per heavy atom. The van der Waals surface area contributed by atoms with Crippen molar-refractivity contribution in [3.63, 3.8) is 0 Å². The molecule has 8 nitrogen and oxygen atoms in total. The third-order valence-corrected chi connectivity index (χ3v) is 5.45. The number of hydrogen-bond donors (Lipinski definition) is 2. The Morgan fingerprint density at radius 3 is 2.17 bits per heavy atom. The van der Waals surface area contributed by atoms with Crippen LogP contribution in [0.25, 0.3) is 6.08 Å². The molecule has 1 aromatic carbocycles. The van der Waals surface area contributed by atoms with Crippen LogP contribution in [0.2, 0.25) is 0 Å². The Morgan fingerprint density at radius 1 is 0.971 bits per heavy atom. The molecule has 0 aromatic heterocycles. The number of hydrazine groups is 1. The van der Waals surface area contributed by atoms with Crippen molar-refractivity contribution in [2.75, 3.05) is 27.2 Å². The minimum absolute atomic E-state index is 0.0749. The van der Waals surface area contributed by atoms with E-state index in [1.54, 1.807) is 11.6 Å². The largest absolute Gasteiger partial charge is 0.309 e. The van der Waals surface area contributed by atoms with E-state index in [2.05, 4.69) is 0 Å². The standard InChI is InChI=1S/C27H44N4O4/c1-21(2)17-18-26(33)31(30(20-22(3)4)25(32)16-11-19-29(5)6)24(27(34)28-35)15-10-14-23-12-8-7-9-13-23/h7-10,12-14,21-22,24,35H,11,15-20H2,1-6H3,(H,28,34)/t24-/m0/s1. The summed E-state index contributed by atoms with van der Waals surface area (Å²) in [7, 11) is 3.89. The molecule has 0 unspecified atom stereocenters. The van der Waals surface area contributed by atoms with E-state index in [1.165, 1.54) is 10.0 Å². The zero-order valence-electron chi connectivity index (χ0n) is 22.2. The summed E-state index contributed by atoms with van der Waals surface area (Å²) in [6.07, 6.45) is 5.53. The molecule has 8 heteroatoms. The van der Waals surface area contributed by atoms with Gasteiger partial charge in [0.1, 0.15) is 6.04 Å². The van der Waals surface area contributed by atoms with Crippen LogP contribution in [-0.2, 0) is 14.4 Å². The number of amides is 3. The second kappa shape index (κ2) is 16.1. The molecular weight excluding hydrogens is 444 g/mol. The number of carbonyl (C=O) groups excluding carboxylic acids is 3. The lowest BCUT2D eigenvalue weighted by atomic mass is 10.1. The van der Waals surface area contributed by atoms with E-state index in [-0.39, 0.29) is 37.0 Å². The molecule has 0 saturated carbocycles. The summed E-state index contributed by atoms with van der Waals surface area (Å²) in [6, 6.07) is 8.55. The van der Waals surface area contributed by atoms with Crippen LogP contribution >= 0.6 is 0 Å². The van der Waals surface area contributed by atoms with Gasteiger partial charge in [-0.15, -0.1) is 0 Å². The summed E-state index contributed by atoms with van der Waals surface area (Å²) in [5, 5.41) is 12.2. The molecule has 3 amide bonds. The van der Waals surface area contributed by atoms with E-state index in [0.29, 0.717) is 25.3 Å². The molecule has 0 aliphatic rings. The number of hydroxylamine groups is 1. The maximum atomic E-state index is 13.5. The van der Waals surface area contributed by atoms with Crippen LogP contribution in [0.1, 0.15) is 65.4 Å². The molecule has 0 spiro atoms. The van der Waals surface area contributed by atoms with E-state index in [9.17, 15) is 19.6 Å². The summed E-state index contributed by atoms with van der Waals surface area (Å²) in [5.41, 5.74) is 2.66. The van der Waals surface area contributed by atoms with Crippen LogP contribution in [0.15, 0.2) is 36.4 Å². The molecule has 0 saturated heterocycles. The average molecular weight is 489 g/mol. The summed E-state index contributed by atoms with van der Waals surface area (Å²) < 4.78 is 0. The molecular formula is C27H44N4O4. The van der Waals surface area contributed by atoms with Gasteiger partial charge >= 0.3 is 0 Å². The molecule has 196 valence electrons. The minimum atomic E-state index is -1.06. The molecule has 1 rings (SSSR count). The number of carbonyl (C=O) groups is 3. The zero-order chi connectivity index (χ0) is 26.4. The quantitative estimate of drug-likeness (QED) is 0.305. The second-order valence-corrected chi connectivity index (χ2v) is 9.99. The second-order valence-electron chi connectivity index (χ2n) is 9.99. The Kier molecular flexibility index (Phi) is 13.9. The molecule has 1 atom stereocenters. The predicted octanol–water partition coefficient (Wildman–Crippen LogP) is 3.97. The summed E-state index contributed by atoms with van der Waals surface area (Å²) in [4.78, 5) is 41.7. The van der Waals surface area contributed by atoms with Crippen molar-refractivity contribution in [3.05, 3.63) is 42.0 Å². The molecule has 1 aromatic rings. The van der Waals surface area contributed by atoms with Crippen molar-refractivity contribution < 1.29 is 19.6 Å². The lowest BCUT2D eigenvalue weighted by molar-refractivity contribution is -0.175. The van der Waals surface area contributed by atoms with Crippen LogP contribution in [0.3, 0.4) is 0 Å². The van der Waals surface area contributed by atoms with Crippen molar-refractivity contribution in [1.29, 1.82) is 0 Å². The van der Waals surface area contributed by atoms with Gasteiger partial charge in [-0.2, -0.15) is 0 Å². The highest BCUT2D eigenvalue weighted by Crippen LogP contribution is 2.19. The van der Waals surface area contributed by atoms with Gasteiger partial charge in [0, 0.05) is 19.4 Å². The van der Waals surface area contributed by atoms with Crippen LogP contribution in [0.5, 0.6) is 0 Å². The summed E-state index contributed by atoms with van der Waals surface area (Å²) in [6.45, 7) is 9.02. The van der Waals surface area contributed by atoms with Gasteiger partial charge < -0.3 is 4.90 Å². The molecule has 0 aliphatic heterocycles. The Balaban J connectivity index is 3.33. The lowest BCUT2D eigenvalue weighted by Crippen LogP contribution is -2.59.